The molecule has 0 aromatic heterocycles. The topological polar surface area (TPSA) is 111 Å². The number of aliphatic imine (C=N–C) groups is 2. The van der Waals surface area contributed by atoms with Gasteiger partial charge in [-0.25, -0.2) is 9.59 Å². The summed E-state index contributed by atoms with van der Waals surface area (Å²) in [5.74, 6) is -0.802. The zero-order chi connectivity index (χ0) is 14.8. The number of carbonyl (C=O) groups is 2. The minimum atomic E-state index is -0.752. The van der Waals surface area contributed by atoms with E-state index in [1.165, 1.54) is 24.3 Å². The molecule has 0 saturated carbocycles. The Kier molecular flexibility index (Phi) is 6.06. The summed E-state index contributed by atoms with van der Waals surface area (Å²) in [5.41, 5.74) is 0. The molecule has 0 unspecified atom stereocenters. The molecule has 0 atom stereocenters. The van der Waals surface area contributed by atoms with Crippen molar-refractivity contribution in [1.82, 2.24) is 0 Å². The lowest BCUT2D eigenvalue weighted by atomic mass is 10.3. The maximum Gasteiger partial charge on any atom is 0.294 e. The summed E-state index contributed by atoms with van der Waals surface area (Å²) in [6.07, 6.45) is 2.22. The summed E-state index contributed by atoms with van der Waals surface area (Å²) in [6, 6.07) is 5.95. The molecule has 8 nitrogen and oxygen atoms in total. The van der Waals surface area contributed by atoms with Crippen molar-refractivity contribution in [2.24, 2.45) is 9.98 Å². The van der Waals surface area contributed by atoms with Crippen LogP contribution in [0.2, 0.25) is 0 Å². The number of hydrogen-bond donors (Lipinski definition) is 0. The second kappa shape index (κ2) is 8.10. The molecule has 20 heavy (non-hydrogen) atoms. The lowest BCUT2D eigenvalue weighted by Crippen LogP contribution is -2.09. The fourth-order valence-corrected chi connectivity index (χ4v) is 1.09. The van der Waals surface area contributed by atoms with E-state index in [9.17, 15) is 19.2 Å². The summed E-state index contributed by atoms with van der Waals surface area (Å²) in [4.78, 5) is 47.0. The van der Waals surface area contributed by atoms with Gasteiger partial charge >= 0.3 is 0 Å². The maximum absolute atomic E-state index is 10.9. The summed E-state index contributed by atoms with van der Waals surface area (Å²) < 4.78 is 10.0. The summed E-state index contributed by atoms with van der Waals surface area (Å²) in [7, 11) is 0. The Morgan fingerprint density at radius 3 is 1.50 bits per heavy atom. The van der Waals surface area contributed by atoms with Crippen molar-refractivity contribution in [2.75, 3.05) is 13.2 Å². The van der Waals surface area contributed by atoms with Gasteiger partial charge in [-0.2, -0.15) is 0 Å². The van der Waals surface area contributed by atoms with E-state index >= 15 is 0 Å². The van der Waals surface area contributed by atoms with Crippen LogP contribution in [0.4, 0.5) is 0 Å². The molecule has 102 valence electrons. The Morgan fingerprint density at radius 1 is 0.850 bits per heavy atom. The van der Waals surface area contributed by atoms with Gasteiger partial charge in [0.05, 0.1) is 0 Å². The minimum Gasteiger partial charge on any atom is -0.484 e. The third-order valence-corrected chi connectivity index (χ3v) is 1.89. The average Bonchev–Trinajstić information content (AvgIpc) is 2.45. The average molecular weight is 276 g/mol. The molecule has 1 aromatic carbocycles. The summed E-state index contributed by atoms with van der Waals surface area (Å²) in [5, 5.41) is 0. The van der Waals surface area contributed by atoms with Gasteiger partial charge < -0.3 is 9.47 Å². The zero-order valence-corrected chi connectivity index (χ0v) is 10.1. The molecular weight excluding hydrogens is 268 g/mol. The van der Waals surface area contributed by atoms with Crippen LogP contribution in [0, 0.1) is 0 Å². The van der Waals surface area contributed by atoms with E-state index in [0.717, 1.165) is 12.2 Å². The lowest BCUT2D eigenvalue weighted by Gasteiger charge is -2.05. The van der Waals surface area contributed by atoms with E-state index in [1.54, 1.807) is 0 Å². The highest BCUT2D eigenvalue weighted by Gasteiger charge is 2.03. The van der Waals surface area contributed by atoms with Crippen LogP contribution in [-0.4, -0.2) is 37.2 Å². The van der Waals surface area contributed by atoms with Crippen molar-refractivity contribution in [3.63, 3.8) is 0 Å². The normalized spacial score (nSPS) is 8.80. The molecule has 0 radical (unpaired) electrons. The largest absolute Gasteiger partial charge is 0.484 e. The second-order valence-electron chi connectivity index (χ2n) is 3.24. The van der Waals surface area contributed by atoms with E-state index in [2.05, 4.69) is 9.98 Å². The second-order valence-corrected chi connectivity index (χ2v) is 3.24. The number of amides is 2. The van der Waals surface area contributed by atoms with Crippen molar-refractivity contribution in [2.45, 2.75) is 0 Å². The minimum absolute atomic E-state index is 0.351. The molecule has 1 aromatic rings. The Bertz CT molecular complexity index is 529. The van der Waals surface area contributed by atoms with Crippen molar-refractivity contribution < 1.29 is 28.7 Å². The van der Waals surface area contributed by atoms with Crippen LogP contribution in [0.5, 0.6) is 11.5 Å². The van der Waals surface area contributed by atoms with Gasteiger partial charge in [0.1, 0.15) is 11.5 Å². The Hall–Kier alpha value is -3.08. The molecule has 0 aliphatic rings. The number of nitrogens with zero attached hydrogens (tertiary/aromatic N) is 2. The molecule has 0 spiro atoms. The number of ether oxygens (including phenoxy) is 2. The zero-order valence-electron chi connectivity index (χ0n) is 10.1. The molecule has 0 aliphatic heterocycles. The quantitative estimate of drug-likeness (QED) is 0.540. The van der Waals surface area contributed by atoms with Gasteiger partial charge in [0.25, 0.3) is 11.8 Å². The van der Waals surface area contributed by atoms with Crippen LogP contribution in [-0.2, 0) is 19.2 Å². The first kappa shape index (κ1) is 15.0. The van der Waals surface area contributed by atoms with Gasteiger partial charge in [-0.05, 0) is 24.3 Å². The molecule has 0 fully saturated rings. The van der Waals surface area contributed by atoms with Gasteiger partial charge in [-0.3, -0.25) is 9.59 Å². The van der Waals surface area contributed by atoms with E-state index in [-0.39, 0.29) is 13.2 Å². The molecule has 8 heteroatoms. The molecular formula is C12H8N2O6. The maximum atomic E-state index is 10.9. The fourth-order valence-electron chi connectivity index (χ4n) is 1.09. The summed E-state index contributed by atoms with van der Waals surface area (Å²) >= 11 is 0. The lowest BCUT2D eigenvalue weighted by molar-refractivity contribution is -0.120. The fraction of sp³-hybridized carbons (Fsp3) is 0.167. The van der Waals surface area contributed by atoms with Crippen molar-refractivity contribution in [3.8, 4) is 11.5 Å². The third kappa shape index (κ3) is 5.50. The summed E-state index contributed by atoms with van der Waals surface area (Å²) in [6.45, 7) is -0.774. The molecule has 0 aliphatic carbocycles. The molecule has 2 amide bonds. The number of isocyanates is 2. The first-order chi connectivity index (χ1) is 9.65. The van der Waals surface area contributed by atoms with Crippen LogP contribution < -0.4 is 9.47 Å². The van der Waals surface area contributed by atoms with Gasteiger partial charge in [0.15, 0.2) is 13.2 Å². The molecule has 0 heterocycles. The standard InChI is InChI=1S/C12H8N2O6/c15-7-13-11(17)5-19-9-1-2-10(4-3-9)20-6-12(18)14-8-16/h1-4H,5-6H2. The predicted octanol–water partition coefficient (Wildman–Crippen LogP) is 0.169. The smallest absolute Gasteiger partial charge is 0.294 e. The SMILES string of the molecule is O=C=NC(=O)COc1ccc(OCC(=O)N=C=O)cc1. The highest BCUT2D eigenvalue weighted by Crippen LogP contribution is 2.17. The van der Waals surface area contributed by atoms with Gasteiger partial charge in [0, 0.05) is 0 Å². The number of hydrogen-bond acceptors (Lipinski definition) is 6. The Labute approximate surface area is 112 Å². The number of carbonyl (C=O) groups excluding carboxylic acids is 4. The molecule has 0 bridgehead atoms. The number of rotatable bonds is 6. The van der Waals surface area contributed by atoms with E-state index in [1.807, 2.05) is 0 Å². The van der Waals surface area contributed by atoms with Gasteiger partial charge in [0.2, 0.25) is 12.2 Å². The van der Waals surface area contributed by atoms with Crippen LogP contribution in [0.3, 0.4) is 0 Å². The van der Waals surface area contributed by atoms with Crippen molar-refractivity contribution in [3.05, 3.63) is 24.3 Å². The van der Waals surface area contributed by atoms with Crippen molar-refractivity contribution >= 4 is 24.0 Å². The number of benzene rings is 1. The van der Waals surface area contributed by atoms with Crippen LogP contribution >= 0.6 is 0 Å². The molecule has 0 N–H and O–H groups in total. The van der Waals surface area contributed by atoms with Crippen LogP contribution in [0.15, 0.2) is 34.3 Å². The molecule has 1 rings (SSSR count). The van der Waals surface area contributed by atoms with E-state index in [0.29, 0.717) is 11.5 Å². The Morgan fingerprint density at radius 2 is 1.20 bits per heavy atom. The van der Waals surface area contributed by atoms with Crippen LogP contribution in [0.1, 0.15) is 0 Å². The van der Waals surface area contributed by atoms with E-state index in [4.69, 9.17) is 9.47 Å². The highest BCUT2D eigenvalue weighted by atomic mass is 16.5. The highest BCUT2D eigenvalue weighted by molar-refractivity contribution is 5.83. The van der Waals surface area contributed by atoms with Crippen molar-refractivity contribution in [1.29, 1.82) is 0 Å². The van der Waals surface area contributed by atoms with Gasteiger partial charge in [-0.1, -0.05) is 0 Å². The van der Waals surface area contributed by atoms with Gasteiger partial charge in [-0.15, -0.1) is 9.98 Å². The van der Waals surface area contributed by atoms with E-state index < -0.39 is 11.8 Å². The monoisotopic (exact) mass is 276 g/mol. The Balaban J connectivity index is 2.47. The first-order valence-electron chi connectivity index (χ1n) is 5.22. The molecule has 0 saturated heterocycles. The first-order valence-corrected chi connectivity index (χ1v) is 5.22. The third-order valence-electron chi connectivity index (χ3n) is 1.89. The van der Waals surface area contributed by atoms with Crippen LogP contribution in [0.25, 0.3) is 0 Å². The predicted molar refractivity (Wildman–Crippen MR) is 63.7 cm³/mol.